The summed E-state index contributed by atoms with van der Waals surface area (Å²) in [7, 11) is 1.45. The van der Waals surface area contributed by atoms with E-state index in [9.17, 15) is 9.59 Å². The smallest absolute Gasteiger partial charge is 0.323 e. The first-order valence-electron chi connectivity index (χ1n) is 7.36. The van der Waals surface area contributed by atoms with Crippen LogP contribution in [0.1, 0.15) is 37.0 Å². The van der Waals surface area contributed by atoms with Crippen LogP contribution >= 0.6 is 0 Å². The van der Waals surface area contributed by atoms with Gasteiger partial charge in [0.15, 0.2) is 11.5 Å². The molecule has 0 bridgehead atoms. The highest BCUT2D eigenvalue weighted by Gasteiger charge is 2.17. The second kappa shape index (κ2) is 8.92. The molecule has 0 atom stereocenters. The Balaban J connectivity index is 2.96. The van der Waals surface area contributed by atoms with Crippen molar-refractivity contribution in [3.8, 4) is 11.5 Å². The highest BCUT2D eigenvalue weighted by atomic mass is 16.5. The molecule has 0 aliphatic carbocycles. The number of carbonyl (C=O) groups excluding carboxylic acids is 1. The van der Waals surface area contributed by atoms with Crippen molar-refractivity contribution in [2.45, 2.75) is 26.7 Å². The van der Waals surface area contributed by atoms with Crippen LogP contribution in [-0.2, 0) is 4.79 Å². The summed E-state index contributed by atoms with van der Waals surface area (Å²) in [5, 5.41) is 8.75. The van der Waals surface area contributed by atoms with Gasteiger partial charge in [0.25, 0.3) is 5.91 Å². The van der Waals surface area contributed by atoms with Gasteiger partial charge in [-0.3, -0.25) is 9.59 Å². The Morgan fingerprint density at radius 1 is 1.09 bits per heavy atom. The number of hydrogen-bond acceptors (Lipinski definition) is 4. The van der Waals surface area contributed by atoms with Crippen molar-refractivity contribution in [3.05, 3.63) is 23.8 Å². The third kappa shape index (κ3) is 5.27. The molecule has 122 valence electrons. The number of benzene rings is 1. The molecule has 22 heavy (non-hydrogen) atoms. The number of carbonyl (C=O) groups is 2. The average Bonchev–Trinajstić information content (AvgIpc) is 2.49. The number of amides is 1. The molecule has 6 nitrogen and oxygen atoms in total. The van der Waals surface area contributed by atoms with Crippen LogP contribution in [0.5, 0.6) is 11.5 Å². The summed E-state index contributed by atoms with van der Waals surface area (Å²) in [5.41, 5.74) is 0.374. The summed E-state index contributed by atoms with van der Waals surface area (Å²) < 4.78 is 11.2. The number of likely N-dealkylation sites (N-methyl/N-ethyl adjacent to an activating group) is 1. The van der Waals surface area contributed by atoms with Crippen molar-refractivity contribution in [1.82, 2.24) is 4.90 Å². The second-order valence-corrected chi connectivity index (χ2v) is 4.91. The zero-order valence-corrected chi connectivity index (χ0v) is 13.3. The van der Waals surface area contributed by atoms with Crippen molar-refractivity contribution < 1.29 is 24.2 Å². The van der Waals surface area contributed by atoms with Crippen LogP contribution in [0.15, 0.2) is 18.2 Å². The minimum atomic E-state index is -1.05. The van der Waals surface area contributed by atoms with Crippen molar-refractivity contribution in [1.29, 1.82) is 0 Å². The maximum absolute atomic E-state index is 12.2. The van der Waals surface area contributed by atoms with Crippen LogP contribution < -0.4 is 9.47 Å². The fraction of sp³-hybridized carbons (Fsp3) is 0.500. The number of aliphatic carboxylic acids is 1. The molecule has 0 unspecified atom stereocenters. The summed E-state index contributed by atoms with van der Waals surface area (Å²) >= 11 is 0. The minimum Gasteiger partial charge on any atom is -0.490 e. The Kier molecular flexibility index (Phi) is 7.22. The first kappa shape index (κ1) is 17.8. The highest BCUT2D eigenvalue weighted by Crippen LogP contribution is 2.29. The first-order chi connectivity index (χ1) is 10.5. The van der Waals surface area contributed by atoms with Crippen molar-refractivity contribution >= 4 is 11.9 Å². The van der Waals surface area contributed by atoms with Gasteiger partial charge >= 0.3 is 5.97 Å². The van der Waals surface area contributed by atoms with Crippen LogP contribution in [0.3, 0.4) is 0 Å². The van der Waals surface area contributed by atoms with E-state index in [0.717, 1.165) is 17.7 Å². The number of carboxylic acid groups (broad SMARTS) is 1. The Morgan fingerprint density at radius 3 is 2.23 bits per heavy atom. The Hall–Kier alpha value is -2.24. The van der Waals surface area contributed by atoms with Gasteiger partial charge in [-0.25, -0.2) is 0 Å². The molecule has 0 aliphatic rings. The lowest BCUT2D eigenvalue weighted by Gasteiger charge is -2.17. The number of nitrogens with zero attached hydrogens (tertiary/aromatic N) is 1. The third-order valence-electron chi connectivity index (χ3n) is 2.83. The van der Waals surface area contributed by atoms with Gasteiger partial charge in [0.2, 0.25) is 0 Å². The molecule has 0 spiro atoms. The zero-order chi connectivity index (χ0) is 16.5. The standard InChI is InChI=1S/C16H23NO5/c1-4-8-21-13-7-6-12(10-14(13)22-9-5-2)16(20)17(3)11-15(18)19/h6-7,10H,4-5,8-9,11H2,1-3H3,(H,18,19). The lowest BCUT2D eigenvalue weighted by molar-refractivity contribution is -0.137. The fourth-order valence-corrected chi connectivity index (χ4v) is 1.79. The molecule has 0 aliphatic heterocycles. The van der Waals surface area contributed by atoms with Gasteiger partial charge in [-0.1, -0.05) is 13.8 Å². The lowest BCUT2D eigenvalue weighted by atomic mass is 10.1. The molecule has 1 aromatic carbocycles. The molecule has 0 fully saturated rings. The quantitative estimate of drug-likeness (QED) is 0.758. The van der Waals surface area contributed by atoms with Gasteiger partial charge in [-0.05, 0) is 31.0 Å². The van der Waals surface area contributed by atoms with E-state index in [0.29, 0.717) is 30.3 Å². The second-order valence-electron chi connectivity index (χ2n) is 4.91. The molecular weight excluding hydrogens is 286 g/mol. The number of ether oxygens (including phenoxy) is 2. The van der Waals surface area contributed by atoms with Crippen LogP contribution in [0.2, 0.25) is 0 Å². The van der Waals surface area contributed by atoms with Crippen LogP contribution in [0, 0.1) is 0 Å². The van der Waals surface area contributed by atoms with Crippen molar-refractivity contribution in [2.24, 2.45) is 0 Å². The molecule has 0 radical (unpaired) electrons. The predicted octanol–water partition coefficient (Wildman–Crippen LogP) is 2.42. The third-order valence-corrected chi connectivity index (χ3v) is 2.83. The van der Waals surface area contributed by atoms with E-state index in [1.807, 2.05) is 13.8 Å². The van der Waals surface area contributed by atoms with Crippen LogP contribution in [-0.4, -0.2) is 48.7 Å². The van der Waals surface area contributed by atoms with E-state index in [4.69, 9.17) is 14.6 Å². The monoisotopic (exact) mass is 309 g/mol. The van der Waals surface area contributed by atoms with Gasteiger partial charge in [0.05, 0.1) is 13.2 Å². The van der Waals surface area contributed by atoms with Gasteiger partial charge < -0.3 is 19.5 Å². The largest absolute Gasteiger partial charge is 0.490 e. The molecule has 1 amide bonds. The van der Waals surface area contributed by atoms with Gasteiger partial charge in [-0.2, -0.15) is 0 Å². The average molecular weight is 309 g/mol. The summed E-state index contributed by atoms with van der Waals surface area (Å²) in [6, 6.07) is 4.90. The maximum atomic E-state index is 12.2. The van der Waals surface area contributed by atoms with E-state index in [1.165, 1.54) is 7.05 Å². The minimum absolute atomic E-state index is 0.349. The van der Waals surface area contributed by atoms with E-state index in [-0.39, 0.29) is 12.5 Å². The topological polar surface area (TPSA) is 76.1 Å². The molecule has 1 rings (SSSR count). The lowest BCUT2D eigenvalue weighted by Crippen LogP contribution is -2.31. The van der Waals surface area contributed by atoms with Gasteiger partial charge in [-0.15, -0.1) is 0 Å². The molecule has 1 aromatic rings. The number of rotatable bonds is 9. The van der Waals surface area contributed by atoms with E-state index >= 15 is 0 Å². The first-order valence-corrected chi connectivity index (χ1v) is 7.36. The Labute approximate surface area is 130 Å². The van der Waals surface area contributed by atoms with Gasteiger partial charge in [0.1, 0.15) is 6.54 Å². The Morgan fingerprint density at radius 2 is 1.68 bits per heavy atom. The molecule has 0 aromatic heterocycles. The molecule has 0 heterocycles. The van der Waals surface area contributed by atoms with E-state index in [1.54, 1.807) is 18.2 Å². The number of carboxylic acids is 1. The molecule has 0 saturated heterocycles. The van der Waals surface area contributed by atoms with E-state index < -0.39 is 5.97 Å². The highest BCUT2D eigenvalue weighted by molar-refractivity contribution is 5.96. The van der Waals surface area contributed by atoms with E-state index in [2.05, 4.69) is 0 Å². The maximum Gasteiger partial charge on any atom is 0.323 e. The summed E-state index contributed by atoms with van der Waals surface area (Å²) in [6.45, 7) is 4.73. The fourth-order valence-electron chi connectivity index (χ4n) is 1.79. The van der Waals surface area contributed by atoms with Gasteiger partial charge in [0, 0.05) is 12.6 Å². The summed E-state index contributed by atoms with van der Waals surface area (Å²) in [6.07, 6.45) is 1.71. The summed E-state index contributed by atoms with van der Waals surface area (Å²) in [5.74, 6) is -0.329. The van der Waals surface area contributed by atoms with Crippen molar-refractivity contribution in [3.63, 3.8) is 0 Å². The van der Waals surface area contributed by atoms with Crippen LogP contribution in [0.4, 0.5) is 0 Å². The van der Waals surface area contributed by atoms with Crippen LogP contribution in [0.25, 0.3) is 0 Å². The molecule has 6 heteroatoms. The number of hydrogen-bond donors (Lipinski definition) is 1. The molecule has 1 N–H and O–H groups in total. The normalized spacial score (nSPS) is 10.1. The zero-order valence-electron chi connectivity index (χ0n) is 13.3. The predicted molar refractivity (Wildman–Crippen MR) is 82.6 cm³/mol. The van der Waals surface area contributed by atoms with Crippen molar-refractivity contribution in [2.75, 3.05) is 26.8 Å². The molecular formula is C16H23NO5. The SMILES string of the molecule is CCCOc1ccc(C(=O)N(C)CC(=O)O)cc1OCCC. The Bertz CT molecular complexity index is 515. The molecule has 0 saturated carbocycles. The summed E-state index contributed by atoms with van der Waals surface area (Å²) in [4.78, 5) is 24.0.